The van der Waals surface area contributed by atoms with E-state index >= 15 is 0 Å². The molecule has 0 aliphatic carbocycles. The van der Waals surface area contributed by atoms with Crippen molar-refractivity contribution in [2.24, 2.45) is 0 Å². The molecule has 0 saturated heterocycles. The standard InChI is InChI=1S/C8H6F3.2CH3.Ga/c1-6-4-2-3-5-7(6)8(9,10)11;;;/h2-5H,1H2;2*1H3;. The van der Waals surface area contributed by atoms with Gasteiger partial charge < -0.3 is 0 Å². The molecule has 0 saturated carbocycles. The van der Waals surface area contributed by atoms with Crippen LogP contribution in [-0.2, 0) is 11.2 Å². The molecule has 1 aromatic rings. The van der Waals surface area contributed by atoms with E-state index in [2.05, 4.69) is 11.0 Å². The minimum absolute atomic E-state index is 0.459. The fourth-order valence-corrected chi connectivity index (χ4v) is 4.01. The van der Waals surface area contributed by atoms with E-state index in [0.29, 0.717) is 10.5 Å². The summed E-state index contributed by atoms with van der Waals surface area (Å²) in [6, 6.07) is 5.88. The third kappa shape index (κ3) is 3.10. The van der Waals surface area contributed by atoms with Crippen molar-refractivity contribution in [1.29, 1.82) is 0 Å². The van der Waals surface area contributed by atoms with Crippen LogP contribution in [0.1, 0.15) is 11.1 Å². The summed E-state index contributed by atoms with van der Waals surface area (Å²) < 4.78 is 37.6. The van der Waals surface area contributed by atoms with E-state index in [1.807, 2.05) is 0 Å². The van der Waals surface area contributed by atoms with Gasteiger partial charge in [0.1, 0.15) is 0 Å². The van der Waals surface area contributed by atoms with E-state index in [0.717, 1.165) is 0 Å². The predicted octanol–water partition coefficient (Wildman–Crippen LogP) is 3.54. The first-order valence-electron chi connectivity index (χ1n) is 4.56. The summed E-state index contributed by atoms with van der Waals surface area (Å²) in [6.45, 7) is 0. The van der Waals surface area contributed by atoms with Gasteiger partial charge in [0.25, 0.3) is 0 Å². The first-order chi connectivity index (χ1) is 6.41. The van der Waals surface area contributed by atoms with E-state index in [1.54, 1.807) is 12.1 Å². The second-order valence-electron chi connectivity index (χ2n) is 3.75. The molecule has 0 nitrogen and oxygen atoms in total. The predicted molar refractivity (Wildman–Crippen MR) is 52.6 cm³/mol. The average molecular weight is 259 g/mol. The summed E-state index contributed by atoms with van der Waals surface area (Å²) in [6.07, 6.45) is -4.20. The van der Waals surface area contributed by atoms with Gasteiger partial charge in [-0.3, -0.25) is 0 Å². The fraction of sp³-hybridized carbons (Fsp3) is 0.400. The zero-order chi connectivity index (χ0) is 10.8. The van der Waals surface area contributed by atoms with Gasteiger partial charge in [0, 0.05) is 0 Å². The molecule has 0 fully saturated rings. The second-order valence-corrected chi connectivity index (χ2v) is 10.5. The van der Waals surface area contributed by atoms with Gasteiger partial charge in [-0.2, -0.15) is 0 Å². The molecule has 0 aliphatic rings. The topological polar surface area (TPSA) is 0 Å². The van der Waals surface area contributed by atoms with Crippen molar-refractivity contribution in [1.82, 2.24) is 0 Å². The van der Waals surface area contributed by atoms with Gasteiger partial charge in [-0.25, -0.2) is 0 Å². The van der Waals surface area contributed by atoms with Gasteiger partial charge >= 0.3 is 86.9 Å². The van der Waals surface area contributed by atoms with Gasteiger partial charge in [0.2, 0.25) is 0 Å². The molecule has 0 unspecified atom stereocenters. The van der Waals surface area contributed by atoms with Crippen molar-refractivity contribution in [3.05, 3.63) is 35.4 Å². The van der Waals surface area contributed by atoms with Crippen LogP contribution < -0.4 is 0 Å². The molecule has 0 aromatic heterocycles. The van der Waals surface area contributed by atoms with Crippen LogP contribution in [0.2, 0.25) is 11.0 Å². The van der Waals surface area contributed by atoms with E-state index in [1.165, 1.54) is 12.1 Å². The Balaban J connectivity index is 3.04. The minimum atomic E-state index is -4.20. The number of benzene rings is 1. The first kappa shape index (κ1) is 11.7. The van der Waals surface area contributed by atoms with Crippen LogP contribution in [-0.4, -0.2) is 16.2 Å². The first-order valence-corrected chi connectivity index (χ1v) is 11.1. The molecular formula is C10H12F3Ga. The van der Waals surface area contributed by atoms with E-state index < -0.39 is 28.0 Å². The third-order valence-electron chi connectivity index (χ3n) is 1.95. The van der Waals surface area contributed by atoms with Gasteiger partial charge in [-0.1, -0.05) is 0 Å². The number of hydrogen-bond donors (Lipinski definition) is 0. The summed E-state index contributed by atoms with van der Waals surface area (Å²) >= 11 is -1.43. The van der Waals surface area contributed by atoms with E-state index in [4.69, 9.17) is 0 Å². The summed E-state index contributed by atoms with van der Waals surface area (Å²) in [5.74, 6) is 0. The van der Waals surface area contributed by atoms with Crippen molar-refractivity contribution in [3.63, 3.8) is 0 Å². The van der Waals surface area contributed by atoms with Crippen molar-refractivity contribution in [2.75, 3.05) is 0 Å². The summed E-state index contributed by atoms with van der Waals surface area (Å²) in [5.41, 5.74) is 4.20. The molecule has 0 atom stereocenters. The van der Waals surface area contributed by atoms with Gasteiger partial charge in [-0.05, 0) is 0 Å². The monoisotopic (exact) mass is 258 g/mol. The Bertz CT molecular complexity index is 304. The summed E-state index contributed by atoms with van der Waals surface area (Å²) in [5, 5.41) is 0. The molecule has 1 aromatic carbocycles. The van der Waals surface area contributed by atoms with Crippen molar-refractivity contribution >= 4 is 16.2 Å². The van der Waals surface area contributed by atoms with Crippen LogP contribution in [0.25, 0.3) is 0 Å². The van der Waals surface area contributed by atoms with Crippen LogP contribution in [0.3, 0.4) is 0 Å². The van der Waals surface area contributed by atoms with Crippen molar-refractivity contribution < 1.29 is 13.2 Å². The summed E-state index contributed by atoms with van der Waals surface area (Å²) in [4.78, 5) is 0.655. The van der Waals surface area contributed by atoms with Gasteiger partial charge in [0.15, 0.2) is 0 Å². The maximum atomic E-state index is 12.5. The van der Waals surface area contributed by atoms with Crippen LogP contribution in [0.4, 0.5) is 13.2 Å². The Morgan fingerprint density at radius 3 is 2.21 bits per heavy atom. The number of hydrogen-bond acceptors (Lipinski definition) is 0. The number of rotatable bonds is 2. The molecule has 4 heteroatoms. The van der Waals surface area contributed by atoms with Crippen LogP contribution >= 0.6 is 0 Å². The van der Waals surface area contributed by atoms with Crippen molar-refractivity contribution in [3.8, 4) is 0 Å². The zero-order valence-electron chi connectivity index (χ0n) is 8.23. The molecule has 0 heterocycles. The molecule has 76 valence electrons. The van der Waals surface area contributed by atoms with Crippen LogP contribution in [0, 0.1) is 0 Å². The molecule has 0 bridgehead atoms. The van der Waals surface area contributed by atoms with Gasteiger partial charge in [0.05, 0.1) is 0 Å². The molecule has 14 heavy (non-hydrogen) atoms. The number of halogens is 3. The fourth-order valence-electron chi connectivity index (χ4n) is 1.41. The average Bonchev–Trinajstić information content (AvgIpc) is 2.01. The van der Waals surface area contributed by atoms with Crippen LogP contribution in [0.15, 0.2) is 24.3 Å². The molecular weight excluding hydrogens is 247 g/mol. The Morgan fingerprint density at radius 1 is 1.14 bits per heavy atom. The second kappa shape index (κ2) is 4.44. The zero-order valence-corrected chi connectivity index (χ0v) is 10.7. The molecule has 0 aliphatic heterocycles. The van der Waals surface area contributed by atoms with E-state index in [9.17, 15) is 13.2 Å². The van der Waals surface area contributed by atoms with Gasteiger partial charge in [-0.15, -0.1) is 0 Å². The SMILES string of the molecule is [CH3][Ga]([CH3])[CH2]c1ccccc1C(F)(F)F. The Labute approximate surface area is 87.2 Å². The Morgan fingerprint density at radius 2 is 1.71 bits per heavy atom. The molecule has 0 spiro atoms. The summed E-state index contributed by atoms with van der Waals surface area (Å²) in [7, 11) is 0. The van der Waals surface area contributed by atoms with Crippen LogP contribution in [0.5, 0.6) is 0 Å². The Hall–Kier alpha value is -0.354. The third-order valence-corrected chi connectivity index (χ3v) is 4.59. The molecule has 1 rings (SSSR count). The molecule has 0 amide bonds. The number of alkyl halides is 3. The normalized spacial score (nSPS) is 11.5. The van der Waals surface area contributed by atoms with Crippen molar-refractivity contribution in [2.45, 2.75) is 22.1 Å². The Kier molecular flexibility index (Phi) is 3.72. The van der Waals surface area contributed by atoms with E-state index in [-0.39, 0.29) is 0 Å². The molecule has 0 radical (unpaired) electrons. The quantitative estimate of drug-likeness (QED) is 0.712. The molecule has 0 N–H and O–H groups in total. The maximum absolute atomic E-state index is 12.5.